The highest BCUT2D eigenvalue weighted by atomic mass is 16.5. The lowest BCUT2D eigenvalue weighted by atomic mass is 10.2. The van der Waals surface area contributed by atoms with Crippen LogP contribution in [0.25, 0.3) is 0 Å². The summed E-state index contributed by atoms with van der Waals surface area (Å²) in [6.07, 6.45) is 1.95. The lowest BCUT2D eigenvalue weighted by Gasteiger charge is -2.33. The Morgan fingerprint density at radius 1 is 1.57 bits per heavy atom. The molecule has 0 aromatic carbocycles. The van der Waals surface area contributed by atoms with E-state index in [2.05, 4.69) is 9.88 Å². The monoisotopic (exact) mass is 193 g/mol. The smallest absolute Gasteiger partial charge is 0.128 e. The van der Waals surface area contributed by atoms with E-state index in [1.54, 1.807) is 0 Å². The Hall–Kier alpha value is -1.13. The summed E-state index contributed by atoms with van der Waals surface area (Å²) in [5, 5.41) is 0. The number of aromatic nitrogens is 1. The highest BCUT2D eigenvalue weighted by Crippen LogP contribution is 2.13. The minimum Gasteiger partial charge on any atom is -0.373 e. The first-order valence-electron chi connectivity index (χ1n) is 4.88. The predicted octanol–water partition coefficient (Wildman–Crippen LogP) is 0.245. The maximum atomic E-state index is 5.57. The summed E-state index contributed by atoms with van der Waals surface area (Å²) >= 11 is 0. The Morgan fingerprint density at radius 2 is 2.50 bits per heavy atom. The third kappa shape index (κ3) is 2.02. The first kappa shape index (κ1) is 9.43. The fraction of sp³-hybridized carbons (Fsp3) is 0.500. The largest absolute Gasteiger partial charge is 0.373 e. The van der Waals surface area contributed by atoms with Gasteiger partial charge in [-0.2, -0.15) is 0 Å². The van der Waals surface area contributed by atoms with Crippen LogP contribution in [0.3, 0.4) is 0 Å². The van der Waals surface area contributed by atoms with Gasteiger partial charge in [0.05, 0.1) is 12.7 Å². The molecule has 1 aromatic rings. The van der Waals surface area contributed by atoms with Gasteiger partial charge in [-0.05, 0) is 12.1 Å². The van der Waals surface area contributed by atoms with Crippen molar-refractivity contribution in [2.75, 3.05) is 31.1 Å². The molecule has 1 fully saturated rings. The van der Waals surface area contributed by atoms with Gasteiger partial charge in [0, 0.05) is 25.8 Å². The number of hydrogen-bond acceptors (Lipinski definition) is 4. The van der Waals surface area contributed by atoms with E-state index in [-0.39, 0.29) is 6.10 Å². The van der Waals surface area contributed by atoms with Gasteiger partial charge in [0.15, 0.2) is 0 Å². The first-order chi connectivity index (χ1) is 6.90. The summed E-state index contributed by atoms with van der Waals surface area (Å²) in [7, 11) is 0. The summed E-state index contributed by atoms with van der Waals surface area (Å²) in [5.41, 5.74) is 5.57. The van der Waals surface area contributed by atoms with E-state index in [4.69, 9.17) is 10.5 Å². The molecular weight excluding hydrogens is 178 g/mol. The van der Waals surface area contributed by atoms with E-state index in [1.807, 2.05) is 24.4 Å². The second-order valence-corrected chi connectivity index (χ2v) is 3.36. The van der Waals surface area contributed by atoms with Crippen molar-refractivity contribution in [3.05, 3.63) is 24.4 Å². The highest BCUT2D eigenvalue weighted by Gasteiger charge is 2.19. The zero-order valence-electron chi connectivity index (χ0n) is 8.10. The lowest BCUT2D eigenvalue weighted by molar-refractivity contribution is 0.0463. The van der Waals surface area contributed by atoms with Gasteiger partial charge in [0.25, 0.3) is 0 Å². The molecule has 0 saturated carbocycles. The molecule has 14 heavy (non-hydrogen) atoms. The number of nitrogens with two attached hydrogens (primary N) is 1. The molecule has 1 aliphatic heterocycles. The normalized spacial score (nSPS) is 22.4. The lowest BCUT2D eigenvalue weighted by Crippen LogP contribution is -2.45. The van der Waals surface area contributed by atoms with Crippen molar-refractivity contribution < 1.29 is 4.74 Å². The van der Waals surface area contributed by atoms with Gasteiger partial charge in [-0.1, -0.05) is 6.07 Å². The molecule has 0 amide bonds. The molecule has 1 atom stereocenters. The number of rotatable bonds is 2. The number of anilines is 1. The quantitative estimate of drug-likeness (QED) is 0.731. The van der Waals surface area contributed by atoms with Crippen molar-refractivity contribution in [1.29, 1.82) is 0 Å². The Kier molecular flexibility index (Phi) is 2.96. The second kappa shape index (κ2) is 4.39. The van der Waals surface area contributed by atoms with Crippen LogP contribution in [0.4, 0.5) is 5.82 Å². The molecule has 1 saturated heterocycles. The van der Waals surface area contributed by atoms with Crippen molar-refractivity contribution in [1.82, 2.24) is 4.98 Å². The molecule has 1 aliphatic rings. The predicted molar refractivity (Wildman–Crippen MR) is 55.2 cm³/mol. The zero-order valence-corrected chi connectivity index (χ0v) is 8.10. The Morgan fingerprint density at radius 3 is 3.21 bits per heavy atom. The molecule has 2 rings (SSSR count). The molecule has 2 heterocycles. The minimum absolute atomic E-state index is 0.144. The molecule has 0 radical (unpaired) electrons. The SMILES string of the molecule is NCC1CN(c2ccccn2)CCO1. The fourth-order valence-electron chi connectivity index (χ4n) is 1.61. The van der Waals surface area contributed by atoms with Gasteiger partial charge >= 0.3 is 0 Å². The van der Waals surface area contributed by atoms with Crippen molar-refractivity contribution in [2.24, 2.45) is 5.73 Å². The fourth-order valence-corrected chi connectivity index (χ4v) is 1.61. The van der Waals surface area contributed by atoms with E-state index >= 15 is 0 Å². The van der Waals surface area contributed by atoms with Gasteiger partial charge in [-0.15, -0.1) is 0 Å². The molecular formula is C10H15N3O. The Balaban J connectivity index is 2.04. The van der Waals surface area contributed by atoms with Crippen LogP contribution in [0.15, 0.2) is 24.4 Å². The molecule has 0 aliphatic carbocycles. The maximum absolute atomic E-state index is 5.57. The highest BCUT2D eigenvalue weighted by molar-refractivity contribution is 5.38. The van der Waals surface area contributed by atoms with E-state index in [9.17, 15) is 0 Å². The van der Waals surface area contributed by atoms with Crippen LogP contribution < -0.4 is 10.6 Å². The zero-order chi connectivity index (χ0) is 9.80. The van der Waals surface area contributed by atoms with E-state index in [1.165, 1.54) is 0 Å². The molecule has 1 aromatic heterocycles. The number of morpholine rings is 1. The average Bonchev–Trinajstić information content (AvgIpc) is 2.30. The van der Waals surface area contributed by atoms with Crippen LogP contribution in [-0.2, 0) is 4.74 Å². The summed E-state index contributed by atoms with van der Waals surface area (Å²) in [4.78, 5) is 6.51. The third-order valence-electron chi connectivity index (χ3n) is 2.37. The molecule has 4 heteroatoms. The van der Waals surface area contributed by atoms with Gasteiger partial charge in [-0.25, -0.2) is 4.98 Å². The Bertz CT molecular complexity index is 278. The van der Waals surface area contributed by atoms with E-state index < -0.39 is 0 Å². The number of nitrogens with zero attached hydrogens (tertiary/aromatic N) is 2. The summed E-state index contributed by atoms with van der Waals surface area (Å²) in [5.74, 6) is 1.01. The topological polar surface area (TPSA) is 51.4 Å². The summed E-state index contributed by atoms with van der Waals surface area (Å²) < 4.78 is 5.48. The van der Waals surface area contributed by atoms with Crippen LogP contribution >= 0.6 is 0 Å². The van der Waals surface area contributed by atoms with Crippen LogP contribution in [0.5, 0.6) is 0 Å². The Labute approximate surface area is 83.7 Å². The van der Waals surface area contributed by atoms with Gasteiger partial charge in [-0.3, -0.25) is 0 Å². The van der Waals surface area contributed by atoms with Gasteiger partial charge < -0.3 is 15.4 Å². The van der Waals surface area contributed by atoms with Crippen molar-refractivity contribution in [2.45, 2.75) is 6.10 Å². The number of ether oxygens (including phenoxy) is 1. The molecule has 2 N–H and O–H groups in total. The molecule has 1 unspecified atom stereocenters. The molecule has 4 nitrogen and oxygen atoms in total. The number of hydrogen-bond donors (Lipinski definition) is 1. The number of pyridine rings is 1. The van der Waals surface area contributed by atoms with Gasteiger partial charge in [0.1, 0.15) is 5.82 Å². The van der Waals surface area contributed by atoms with Crippen LogP contribution in [0.2, 0.25) is 0 Å². The molecule has 0 bridgehead atoms. The van der Waals surface area contributed by atoms with Crippen molar-refractivity contribution in [3.63, 3.8) is 0 Å². The third-order valence-corrected chi connectivity index (χ3v) is 2.37. The maximum Gasteiger partial charge on any atom is 0.128 e. The van der Waals surface area contributed by atoms with Crippen molar-refractivity contribution in [3.8, 4) is 0 Å². The average molecular weight is 193 g/mol. The van der Waals surface area contributed by atoms with Crippen LogP contribution in [-0.4, -0.2) is 37.3 Å². The van der Waals surface area contributed by atoms with E-state index in [0.29, 0.717) is 6.54 Å². The molecule has 0 spiro atoms. The first-order valence-corrected chi connectivity index (χ1v) is 4.88. The second-order valence-electron chi connectivity index (χ2n) is 3.36. The standard InChI is InChI=1S/C10H15N3O/c11-7-9-8-13(5-6-14-9)10-3-1-2-4-12-10/h1-4,9H,5-8,11H2. The summed E-state index contributed by atoms with van der Waals surface area (Å²) in [6, 6.07) is 5.93. The van der Waals surface area contributed by atoms with Crippen LogP contribution in [0.1, 0.15) is 0 Å². The molecule has 76 valence electrons. The minimum atomic E-state index is 0.144. The van der Waals surface area contributed by atoms with Crippen LogP contribution in [0, 0.1) is 0 Å². The summed E-state index contributed by atoms with van der Waals surface area (Å²) in [6.45, 7) is 3.04. The van der Waals surface area contributed by atoms with Gasteiger partial charge in [0.2, 0.25) is 0 Å². The van der Waals surface area contributed by atoms with E-state index in [0.717, 1.165) is 25.5 Å². The van der Waals surface area contributed by atoms with Crippen molar-refractivity contribution >= 4 is 5.82 Å².